The minimum Gasteiger partial charge on any atom is -0.393 e. The third kappa shape index (κ3) is 2.25. The summed E-state index contributed by atoms with van der Waals surface area (Å²) < 4.78 is 4.96. The van der Waals surface area contributed by atoms with Crippen molar-refractivity contribution in [1.29, 1.82) is 0 Å². The van der Waals surface area contributed by atoms with Crippen molar-refractivity contribution in [1.82, 2.24) is 5.32 Å². The van der Waals surface area contributed by atoms with Gasteiger partial charge in [-0.15, -0.1) is 0 Å². The van der Waals surface area contributed by atoms with Gasteiger partial charge in [0.05, 0.1) is 12.7 Å². The van der Waals surface area contributed by atoms with E-state index in [4.69, 9.17) is 4.74 Å². The maximum atomic E-state index is 9.21. The first-order valence-electron chi connectivity index (χ1n) is 3.73. The topological polar surface area (TPSA) is 41.5 Å². The summed E-state index contributed by atoms with van der Waals surface area (Å²) in [6.45, 7) is 1.62. The lowest BCUT2D eigenvalue weighted by molar-refractivity contribution is 0.0812. The van der Waals surface area contributed by atoms with Gasteiger partial charge in [-0.2, -0.15) is 0 Å². The minimum atomic E-state index is -0.124. The first kappa shape index (κ1) is 7.98. The van der Waals surface area contributed by atoms with Crippen LogP contribution < -0.4 is 5.32 Å². The van der Waals surface area contributed by atoms with Gasteiger partial charge < -0.3 is 15.2 Å². The Kier molecular flexibility index (Phi) is 3.12. The third-order valence-corrected chi connectivity index (χ3v) is 1.84. The number of hydrogen-bond acceptors (Lipinski definition) is 3. The maximum absolute atomic E-state index is 9.21. The molecule has 0 bridgehead atoms. The molecule has 1 fully saturated rings. The summed E-state index contributed by atoms with van der Waals surface area (Å²) in [5.41, 5.74) is 0. The van der Waals surface area contributed by atoms with E-state index in [1.807, 2.05) is 0 Å². The molecule has 0 aromatic rings. The molecule has 0 aromatic heterocycles. The third-order valence-electron chi connectivity index (χ3n) is 1.84. The van der Waals surface area contributed by atoms with E-state index in [0.717, 1.165) is 19.4 Å². The molecular weight excluding hydrogens is 130 g/mol. The Labute approximate surface area is 61.4 Å². The molecule has 0 spiro atoms. The molecule has 1 aliphatic heterocycles. The number of hydrogen-bond donors (Lipinski definition) is 2. The van der Waals surface area contributed by atoms with Gasteiger partial charge in [0.2, 0.25) is 0 Å². The Hall–Kier alpha value is -0.120. The van der Waals surface area contributed by atoms with Gasteiger partial charge in [-0.1, -0.05) is 0 Å². The highest BCUT2D eigenvalue weighted by atomic mass is 16.5. The monoisotopic (exact) mass is 145 g/mol. The van der Waals surface area contributed by atoms with Gasteiger partial charge in [0.25, 0.3) is 0 Å². The van der Waals surface area contributed by atoms with Crippen LogP contribution in [0.2, 0.25) is 0 Å². The van der Waals surface area contributed by atoms with Crippen LogP contribution in [0.15, 0.2) is 0 Å². The van der Waals surface area contributed by atoms with E-state index in [1.165, 1.54) is 0 Å². The van der Waals surface area contributed by atoms with Crippen LogP contribution in [0.1, 0.15) is 12.8 Å². The van der Waals surface area contributed by atoms with Crippen LogP contribution in [0.25, 0.3) is 0 Å². The van der Waals surface area contributed by atoms with Gasteiger partial charge in [0.15, 0.2) is 0 Å². The van der Waals surface area contributed by atoms with Gasteiger partial charge in [-0.25, -0.2) is 0 Å². The van der Waals surface area contributed by atoms with Crippen LogP contribution in [0, 0.1) is 0 Å². The lowest BCUT2D eigenvalue weighted by atomic mass is 10.0. The zero-order valence-corrected chi connectivity index (χ0v) is 6.34. The molecule has 0 amide bonds. The molecule has 0 aliphatic carbocycles. The lowest BCUT2D eigenvalue weighted by Crippen LogP contribution is -2.42. The molecule has 2 N–H and O–H groups in total. The van der Waals surface area contributed by atoms with E-state index in [0.29, 0.717) is 12.6 Å². The number of rotatable bonds is 2. The van der Waals surface area contributed by atoms with E-state index in [9.17, 15) is 5.11 Å². The molecule has 3 nitrogen and oxygen atoms in total. The van der Waals surface area contributed by atoms with Crippen LogP contribution in [-0.4, -0.2) is 37.5 Å². The average Bonchev–Trinajstić information content (AvgIpc) is 1.88. The highest BCUT2D eigenvalue weighted by Gasteiger charge is 2.18. The molecule has 60 valence electrons. The zero-order valence-electron chi connectivity index (χ0n) is 6.34. The molecule has 0 radical (unpaired) electrons. The molecule has 1 heterocycles. The number of nitrogens with one attached hydrogen (secondary N) is 1. The highest BCUT2D eigenvalue weighted by molar-refractivity contribution is 4.76. The summed E-state index contributed by atoms with van der Waals surface area (Å²) in [6, 6.07) is 0.355. The average molecular weight is 145 g/mol. The molecule has 1 rings (SSSR count). The smallest absolute Gasteiger partial charge is 0.0616 e. The second-order valence-electron chi connectivity index (χ2n) is 2.78. The molecule has 1 saturated heterocycles. The van der Waals surface area contributed by atoms with E-state index in [-0.39, 0.29) is 6.10 Å². The molecule has 0 saturated carbocycles. The predicted octanol–water partition coefficient (Wildman–Crippen LogP) is -0.254. The van der Waals surface area contributed by atoms with Crippen LogP contribution >= 0.6 is 0 Å². The first-order chi connectivity index (χ1) is 4.83. The van der Waals surface area contributed by atoms with E-state index >= 15 is 0 Å². The molecule has 0 unspecified atom stereocenters. The fraction of sp³-hybridized carbons (Fsp3) is 1.00. The van der Waals surface area contributed by atoms with Crippen LogP contribution in [0.4, 0.5) is 0 Å². The second kappa shape index (κ2) is 3.91. The predicted molar refractivity (Wildman–Crippen MR) is 38.9 cm³/mol. The first-order valence-corrected chi connectivity index (χ1v) is 3.73. The number of ether oxygens (including phenoxy) is 1. The van der Waals surface area contributed by atoms with E-state index in [2.05, 4.69) is 5.32 Å². The van der Waals surface area contributed by atoms with Crippen molar-refractivity contribution < 1.29 is 9.84 Å². The van der Waals surface area contributed by atoms with Crippen molar-refractivity contribution in [3.63, 3.8) is 0 Å². The molecule has 0 aromatic carbocycles. The second-order valence-corrected chi connectivity index (χ2v) is 2.78. The summed E-state index contributed by atoms with van der Waals surface area (Å²) >= 11 is 0. The van der Waals surface area contributed by atoms with Crippen LogP contribution in [0.3, 0.4) is 0 Å². The number of aliphatic hydroxyl groups excluding tert-OH is 1. The quantitative estimate of drug-likeness (QED) is 0.563. The zero-order chi connectivity index (χ0) is 7.40. The van der Waals surface area contributed by atoms with Gasteiger partial charge >= 0.3 is 0 Å². The number of aliphatic hydroxyl groups is 1. The van der Waals surface area contributed by atoms with Crippen molar-refractivity contribution in [2.45, 2.75) is 25.0 Å². The molecule has 3 heteroatoms. The maximum Gasteiger partial charge on any atom is 0.0616 e. The summed E-state index contributed by atoms with van der Waals surface area (Å²) in [4.78, 5) is 0. The Morgan fingerprint density at radius 3 is 3.10 bits per heavy atom. The Morgan fingerprint density at radius 1 is 1.70 bits per heavy atom. The van der Waals surface area contributed by atoms with Crippen molar-refractivity contribution in [3.05, 3.63) is 0 Å². The van der Waals surface area contributed by atoms with E-state index < -0.39 is 0 Å². The van der Waals surface area contributed by atoms with Crippen molar-refractivity contribution in [3.8, 4) is 0 Å². The summed E-state index contributed by atoms with van der Waals surface area (Å²) in [7, 11) is 1.68. The summed E-state index contributed by atoms with van der Waals surface area (Å²) in [5, 5.41) is 12.5. The SMILES string of the molecule is COC[C@@H]1C[C@H](O)CCN1. The number of piperidine rings is 1. The standard InChI is InChI=1S/C7H15NO2/c1-10-5-6-4-7(9)2-3-8-6/h6-9H,2-5H2,1H3/t6-,7+/m0/s1. The molecular formula is C7H15NO2. The van der Waals surface area contributed by atoms with Gasteiger partial charge in [0.1, 0.15) is 0 Å². The normalized spacial score (nSPS) is 34.2. The van der Waals surface area contributed by atoms with Crippen molar-refractivity contribution in [2.75, 3.05) is 20.3 Å². The fourth-order valence-electron chi connectivity index (χ4n) is 1.31. The van der Waals surface area contributed by atoms with E-state index in [1.54, 1.807) is 7.11 Å². The summed E-state index contributed by atoms with van der Waals surface area (Å²) in [5.74, 6) is 0. The van der Waals surface area contributed by atoms with Crippen LogP contribution in [-0.2, 0) is 4.74 Å². The molecule has 2 atom stereocenters. The number of methoxy groups -OCH3 is 1. The Morgan fingerprint density at radius 2 is 2.50 bits per heavy atom. The highest BCUT2D eigenvalue weighted by Crippen LogP contribution is 2.07. The van der Waals surface area contributed by atoms with Crippen molar-refractivity contribution in [2.24, 2.45) is 0 Å². The van der Waals surface area contributed by atoms with Gasteiger partial charge in [0, 0.05) is 13.2 Å². The van der Waals surface area contributed by atoms with Gasteiger partial charge in [-0.3, -0.25) is 0 Å². The fourth-order valence-corrected chi connectivity index (χ4v) is 1.31. The Balaban J connectivity index is 2.18. The lowest BCUT2D eigenvalue weighted by Gasteiger charge is -2.26. The minimum absolute atomic E-state index is 0.124. The largest absolute Gasteiger partial charge is 0.393 e. The molecule has 10 heavy (non-hydrogen) atoms. The van der Waals surface area contributed by atoms with Gasteiger partial charge in [-0.05, 0) is 19.4 Å². The summed E-state index contributed by atoms with van der Waals surface area (Å²) in [6.07, 6.45) is 1.58. The Bertz CT molecular complexity index is 95.6. The molecule has 1 aliphatic rings. The van der Waals surface area contributed by atoms with Crippen LogP contribution in [0.5, 0.6) is 0 Å². The van der Waals surface area contributed by atoms with Crippen molar-refractivity contribution >= 4 is 0 Å².